The highest BCUT2D eigenvalue weighted by Crippen LogP contribution is 2.30. The Labute approximate surface area is 117 Å². The van der Waals surface area contributed by atoms with Crippen LogP contribution in [0.3, 0.4) is 0 Å². The molecule has 0 aliphatic heterocycles. The van der Waals surface area contributed by atoms with E-state index in [-0.39, 0.29) is 20.6 Å². The molecule has 2 aromatic rings. The quantitative estimate of drug-likeness (QED) is 0.865. The lowest BCUT2D eigenvalue weighted by Gasteiger charge is -2.15. The van der Waals surface area contributed by atoms with Gasteiger partial charge in [-0.1, -0.05) is 35.9 Å². The van der Waals surface area contributed by atoms with Gasteiger partial charge in [-0.3, -0.25) is 0 Å². The molecule has 18 heavy (non-hydrogen) atoms. The van der Waals surface area contributed by atoms with Gasteiger partial charge in [-0.05, 0) is 28.1 Å². The third kappa shape index (κ3) is 2.41. The summed E-state index contributed by atoms with van der Waals surface area (Å²) in [5.74, 6) is -1.12. The predicted molar refractivity (Wildman–Crippen MR) is 71.5 cm³/mol. The fourth-order valence-electron chi connectivity index (χ4n) is 1.69. The highest BCUT2D eigenvalue weighted by atomic mass is 79.9. The molecule has 2 aromatic carbocycles. The molecule has 0 aliphatic carbocycles. The molecule has 0 bridgehead atoms. The van der Waals surface area contributed by atoms with Gasteiger partial charge in [0.2, 0.25) is 0 Å². The second-order valence-electron chi connectivity index (χ2n) is 3.76. The van der Waals surface area contributed by atoms with Gasteiger partial charge in [0.15, 0.2) is 0 Å². The molecule has 0 spiro atoms. The second kappa shape index (κ2) is 5.34. The Bertz CT molecular complexity index is 538. The van der Waals surface area contributed by atoms with Crippen LogP contribution in [0.25, 0.3) is 0 Å². The van der Waals surface area contributed by atoms with Crippen LogP contribution < -0.4 is 5.73 Å². The summed E-state index contributed by atoms with van der Waals surface area (Å²) < 4.78 is 28.0. The molecule has 2 N–H and O–H groups in total. The molecule has 0 radical (unpaired) electrons. The fraction of sp³-hybridized carbons (Fsp3) is 0.0769. The molecule has 0 saturated heterocycles. The van der Waals surface area contributed by atoms with E-state index >= 15 is 0 Å². The van der Waals surface area contributed by atoms with Crippen LogP contribution in [-0.2, 0) is 0 Å². The van der Waals surface area contributed by atoms with Crippen LogP contribution in [0.5, 0.6) is 0 Å². The van der Waals surface area contributed by atoms with Crippen LogP contribution in [0.15, 0.2) is 40.9 Å². The molecule has 2 rings (SSSR count). The Balaban J connectivity index is 2.51. The minimum atomic E-state index is -0.902. The van der Waals surface area contributed by atoms with E-state index in [0.29, 0.717) is 0 Å². The lowest BCUT2D eigenvalue weighted by Crippen LogP contribution is -2.15. The van der Waals surface area contributed by atoms with Gasteiger partial charge in [-0.25, -0.2) is 8.78 Å². The highest BCUT2D eigenvalue weighted by molar-refractivity contribution is 9.10. The van der Waals surface area contributed by atoms with Crippen LogP contribution in [0.2, 0.25) is 5.02 Å². The molecule has 0 fully saturated rings. The Morgan fingerprint density at radius 1 is 1.00 bits per heavy atom. The third-order valence-electron chi connectivity index (χ3n) is 2.63. The van der Waals surface area contributed by atoms with Gasteiger partial charge >= 0.3 is 0 Å². The Morgan fingerprint density at radius 2 is 1.56 bits per heavy atom. The number of rotatable bonds is 2. The molecule has 1 nitrogen and oxygen atoms in total. The molecule has 1 unspecified atom stereocenters. The number of hydrogen-bond acceptors (Lipinski definition) is 1. The summed E-state index contributed by atoms with van der Waals surface area (Å²) in [6.45, 7) is 0. The van der Waals surface area contributed by atoms with E-state index in [1.807, 2.05) is 0 Å². The minimum absolute atomic E-state index is 0.0293. The maximum atomic E-state index is 13.9. The maximum absolute atomic E-state index is 13.9. The summed E-state index contributed by atoms with van der Waals surface area (Å²) in [6.07, 6.45) is 0. The molecule has 0 saturated carbocycles. The molecule has 0 aromatic heterocycles. The molecule has 0 aliphatic rings. The van der Waals surface area contributed by atoms with Gasteiger partial charge in [0.25, 0.3) is 0 Å². The van der Waals surface area contributed by atoms with Crippen molar-refractivity contribution in [2.24, 2.45) is 5.73 Å². The number of nitrogens with two attached hydrogens (primary N) is 1. The normalized spacial score (nSPS) is 12.5. The van der Waals surface area contributed by atoms with Crippen molar-refractivity contribution in [3.8, 4) is 0 Å². The Kier molecular flexibility index (Phi) is 4.00. The standard InChI is InChI=1S/C13H9BrClF2N/c14-9-5-1-3-7(11(9)16)13(18)8-4-2-6-10(15)12(8)17/h1-6,13H,18H2. The van der Waals surface area contributed by atoms with Crippen molar-refractivity contribution < 1.29 is 8.78 Å². The zero-order valence-electron chi connectivity index (χ0n) is 9.13. The Hall–Kier alpha value is -0.970. The first-order valence-electron chi connectivity index (χ1n) is 5.15. The molecule has 1 atom stereocenters. The molecular formula is C13H9BrClF2N. The summed E-state index contributed by atoms with van der Waals surface area (Å²) in [6, 6.07) is 8.31. The van der Waals surface area contributed by atoms with Crippen molar-refractivity contribution in [3.05, 3.63) is 68.7 Å². The lowest BCUT2D eigenvalue weighted by atomic mass is 9.99. The zero-order valence-corrected chi connectivity index (χ0v) is 11.5. The van der Waals surface area contributed by atoms with E-state index in [9.17, 15) is 8.78 Å². The molecule has 0 heterocycles. The van der Waals surface area contributed by atoms with Gasteiger partial charge in [-0.2, -0.15) is 0 Å². The monoisotopic (exact) mass is 331 g/mol. The fourth-order valence-corrected chi connectivity index (χ4v) is 2.25. The van der Waals surface area contributed by atoms with Crippen LogP contribution in [0.1, 0.15) is 17.2 Å². The minimum Gasteiger partial charge on any atom is -0.320 e. The van der Waals surface area contributed by atoms with E-state index in [2.05, 4.69) is 15.9 Å². The summed E-state index contributed by atoms with van der Waals surface area (Å²) in [7, 11) is 0. The zero-order chi connectivity index (χ0) is 13.3. The first-order valence-corrected chi connectivity index (χ1v) is 6.33. The summed E-state index contributed by atoms with van der Waals surface area (Å²) in [5.41, 5.74) is 6.28. The van der Waals surface area contributed by atoms with Crippen molar-refractivity contribution in [1.82, 2.24) is 0 Å². The number of benzene rings is 2. The number of hydrogen-bond donors (Lipinski definition) is 1. The van der Waals surface area contributed by atoms with E-state index in [1.54, 1.807) is 18.2 Å². The van der Waals surface area contributed by atoms with E-state index in [1.165, 1.54) is 18.2 Å². The maximum Gasteiger partial charge on any atom is 0.146 e. The van der Waals surface area contributed by atoms with Crippen LogP contribution in [-0.4, -0.2) is 0 Å². The molecular weight excluding hydrogens is 324 g/mol. The molecule has 5 heteroatoms. The van der Waals surface area contributed by atoms with Gasteiger partial charge < -0.3 is 5.73 Å². The molecule has 94 valence electrons. The van der Waals surface area contributed by atoms with Crippen molar-refractivity contribution in [3.63, 3.8) is 0 Å². The third-order valence-corrected chi connectivity index (χ3v) is 3.54. The van der Waals surface area contributed by atoms with Crippen molar-refractivity contribution in [2.75, 3.05) is 0 Å². The van der Waals surface area contributed by atoms with Gasteiger partial charge in [0.05, 0.1) is 15.5 Å². The van der Waals surface area contributed by atoms with E-state index in [4.69, 9.17) is 17.3 Å². The van der Waals surface area contributed by atoms with Gasteiger partial charge in [-0.15, -0.1) is 0 Å². The van der Waals surface area contributed by atoms with Crippen molar-refractivity contribution in [1.29, 1.82) is 0 Å². The van der Waals surface area contributed by atoms with Crippen molar-refractivity contribution in [2.45, 2.75) is 6.04 Å². The lowest BCUT2D eigenvalue weighted by molar-refractivity contribution is 0.573. The van der Waals surface area contributed by atoms with Crippen LogP contribution in [0, 0.1) is 11.6 Å². The second-order valence-corrected chi connectivity index (χ2v) is 5.03. The summed E-state index contributed by atoms with van der Waals surface area (Å²) in [4.78, 5) is 0. The highest BCUT2D eigenvalue weighted by Gasteiger charge is 2.19. The topological polar surface area (TPSA) is 26.0 Å². The summed E-state index contributed by atoms with van der Waals surface area (Å²) >= 11 is 8.75. The van der Waals surface area contributed by atoms with Gasteiger partial charge in [0, 0.05) is 11.1 Å². The first-order chi connectivity index (χ1) is 8.52. The largest absolute Gasteiger partial charge is 0.320 e. The predicted octanol–water partition coefficient (Wildman–Crippen LogP) is 4.43. The SMILES string of the molecule is NC(c1cccc(Cl)c1F)c1cccc(Br)c1F. The Morgan fingerprint density at radius 3 is 2.22 bits per heavy atom. The summed E-state index contributed by atoms with van der Waals surface area (Å²) in [5, 5.41) is -0.0293. The van der Waals surface area contributed by atoms with Crippen LogP contribution >= 0.6 is 27.5 Å². The first kappa shape index (κ1) is 13.5. The smallest absolute Gasteiger partial charge is 0.146 e. The number of halogens is 4. The van der Waals surface area contributed by atoms with E-state index < -0.39 is 17.7 Å². The molecule has 0 amide bonds. The average molecular weight is 333 g/mol. The van der Waals surface area contributed by atoms with Gasteiger partial charge in [0.1, 0.15) is 11.6 Å². The van der Waals surface area contributed by atoms with E-state index in [0.717, 1.165) is 0 Å². The average Bonchev–Trinajstić information content (AvgIpc) is 2.35. The van der Waals surface area contributed by atoms with Crippen molar-refractivity contribution >= 4 is 27.5 Å². The van der Waals surface area contributed by atoms with Crippen LogP contribution in [0.4, 0.5) is 8.78 Å².